The fourth-order valence-corrected chi connectivity index (χ4v) is 4.02. The maximum absolute atomic E-state index is 12.5. The van der Waals surface area contributed by atoms with Crippen LogP contribution >= 0.6 is 0 Å². The van der Waals surface area contributed by atoms with E-state index in [2.05, 4.69) is 27.7 Å². The number of aliphatic hydroxyl groups excluding tert-OH is 1. The first-order valence-corrected chi connectivity index (χ1v) is 10.7. The zero-order valence-electron chi connectivity index (χ0n) is 18.3. The van der Waals surface area contributed by atoms with Crippen LogP contribution in [0.1, 0.15) is 30.1 Å². The van der Waals surface area contributed by atoms with Gasteiger partial charge in [-0.05, 0) is 63.2 Å². The minimum absolute atomic E-state index is 0.119. The summed E-state index contributed by atoms with van der Waals surface area (Å²) in [4.78, 5) is 16.9. The molecule has 2 amide bonds. The van der Waals surface area contributed by atoms with Gasteiger partial charge in [-0.15, -0.1) is 0 Å². The molecule has 0 saturated carbocycles. The highest BCUT2D eigenvalue weighted by atomic mass is 16.3. The fourth-order valence-electron chi connectivity index (χ4n) is 4.02. The summed E-state index contributed by atoms with van der Waals surface area (Å²) >= 11 is 0. The lowest BCUT2D eigenvalue weighted by molar-refractivity contribution is 0.0911. The van der Waals surface area contributed by atoms with E-state index in [9.17, 15) is 9.90 Å². The summed E-state index contributed by atoms with van der Waals surface area (Å²) in [5.41, 5.74) is 3.93. The Morgan fingerprint density at radius 1 is 1.13 bits per heavy atom. The van der Waals surface area contributed by atoms with Gasteiger partial charge in [0.15, 0.2) is 0 Å². The summed E-state index contributed by atoms with van der Waals surface area (Å²) in [6.07, 6.45) is 1.84. The van der Waals surface area contributed by atoms with Crippen LogP contribution in [-0.2, 0) is 0 Å². The molecule has 30 heavy (non-hydrogen) atoms. The van der Waals surface area contributed by atoms with Crippen LogP contribution in [0.5, 0.6) is 0 Å². The standard InChI is InChI=1S/C24H34N4O2/c1-18-15-21(28-13-7-8-14-28)11-12-22(18)26-24(30)25-16-20(17-27(2)3)23(29)19-9-5-4-6-10-19/h4-6,9-12,15,20,23,29H,7-8,13-14,16-17H2,1-3H3,(H2,25,26,30). The molecule has 1 aliphatic rings. The molecule has 2 unspecified atom stereocenters. The van der Waals surface area contributed by atoms with Crippen molar-refractivity contribution in [1.29, 1.82) is 0 Å². The third kappa shape index (κ3) is 5.97. The predicted molar refractivity (Wildman–Crippen MR) is 123 cm³/mol. The van der Waals surface area contributed by atoms with E-state index in [1.165, 1.54) is 18.5 Å². The number of anilines is 2. The summed E-state index contributed by atoms with van der Waals surface area (Å²) < 4.78 is 0. The van der Waals surface area contributed by atoms with Gasteiger partial charge in [0.1, 0.15) is 0 Å². The number of nitrogens with one attached hydrogen (secondary N) is 2. The number of aryl methyl sites for hydroxylation is 1. The number of nitrogens with zero attached hydrogens (tertiary/aromatic N) is 2. The Morgan fingerprint density at radius 3 is 2.47 bits per heavy atom. The number of urea groups is 1. The van der Waals surface area contributed by atoms with Crippen LogP contribution in [0.4, 0.5) is 16.2 Å². The number of amides is 2. The smallest absolute Gasteiger partial charge is 0.319 e. The van der Waals surface area contributed by atoms with Gasteiger partial charge in [0.2, 0.25) is 0 Å². The highest BCUT2D eigenvalue weighted by molar-refractivity contribution is 5.90. The number of carbonyl (C=O) groups is 1. The van der Waals surface area contributed by atoms with Crippen molar-refractivity contribution in [2.45, 2.75) is 25.9 Å². The SMILES string of the molecule is Cc1cc(N2CCCC2)ccc1NC(=O)NCC(CN(C)C)C(O)c1ccccc1. The highest BCUT2D eigenvalue weighted by Crippen LogP contribution is 2.26. The van der Waals surface area contributed by atoms with E-state index >= 15 is 0 Å². The van der Waals surface area contributed by atoms with Crippen molar-refractivity contribution in [2.24, 2.45) is 5.92 Å². The third-order valence-electron chi connectivity index (χ3n) is 5.64. The van der Waals surface area contributed by atoms with Crippen LogP contribution in [0.3, 0.4) is 0 Å². The molecule has 1 heterocycles. The molecular weight excluding hydrogens is 376 g/mol. The van der Waals surface area contributed by atoms with Gasteiger partial charge in [-0.2, -0.15) is 0 Å². The average molecular weight is 411 g/mol. The van der Waals surface area contributed by atoms with Gasteiger partial charge in [-0.1, -0.05) is 30.3 Å². The van der Waals surface area contributed by atoms with Crippen LogP contribution in [0.15, 0.2) is 48.5 Å². The van der Waals surface area contributed by atoms with E-state index in [-0.39, 0.29) is 11.9 Å². The Hall–Kier alpha value is -2.57. The molecule has 3 rings (SSSR count). The number of aliphatic hydroxyl groups is 1. The lowest BCUT2D eigenvalue weighted by Gasteiger charge is -2.26. The van der Waals surface area contributed by atoms with E-state index in [0.717, 1.165) is 29.9 Å². The lowest BCUT2D eigenvalue weighted by Crippen LogP contribution is -2.39. The van der Waals surface area contributed by atoms with Gasteiger partial charge in [-0.3, -0.25) is 0 Å². The van der Waals surface area contributed by atoms with Gasteiger partial charge in [0, 0.05) is 43.5 Å². The predicted octanol–water partition coefficient (Wildman–Crippen LogP) is 3.63. The second kappa shape index (κ2) is 10.5. The number of benzene rings is 2. The van der Waals surface area contributed by atoms with Crippen molar-refractivity contribution < 1.29 is 9.90 Å². The molecule has 2 aromatic rings. The Balaban J connectivity index is 1.58. The molecule has 1 aliphatic heterocycles. The minimum atomic E-state index is -0.643. The third-order valence-corrected chi connectivity index (χ3v) is 5.64. The van der Waals surface area contributed by atoms with Crippen molar-refractivity contribution in [3.8, 4) is 0 Å². The molecule has 6 heteroatoms. The lowest BCUT2D eigenvalue weighted by atomic mass is 9.95. The van der Waals surface area contributed by atoms with E-state index < -0.39 is 6.10 Å². The maximum Gasteiger partial charge on any atom is 0.319 e. The average Bonchev–Trinajstić information content (AvgIpc) is 3.27. The van der Waals surface area contributed by atoms with E-state index in [0.29, 0.717) is 13.1 Å². The normalized spacial score (nSPS) is 15.8. The Kier molecular flexibility index (Phi) is 7.71. The molecule has 1 fully saturated rings. The van der Waals surface area contributed by atoms with E-state index in [1.807, 2.05) is 62.3 Å². The zero-order valence-corrected chi connectivity index (χ0v) is 18.3. The highest BCUT2D eigenvalue weighted by Gasteiger charge is 2.22. The number of carbonyl (C=O) groups excluding carboxylic acids is 1. The van der Waals surface area contributed by atoms with Gasteiger partial charge in [0.25, 0.3) is 0 Å². The largest absolute Gasteiger partial charge is 0.388 e. The van der Waals surface area contributed by atoms with Gasteiger partial charge >= 0.3 is 6.03 Å². The fraction of sp³-hybridized carbons (Fsp3) is 0.458. The number of rotatable bonds is 8. The molecule has 162 valence electrons. The number of hydrogen-bond donors (Lipinski definition) is 3. The van der Waals surface area contributed by atoms with Crippen LogP contribution in [0.2, 0.25) is 0 Å². The molecule has 2 atom stereocenters. The second-order valence-electron chi connectivity index (χ2n) is 8.41. The molecule has 0 radical (unpaired) electrons. The summed E-state index contributed by atoms with van der Waals surface area (Å²) in [6.45, 7) is 5.27. The molecule has 3 N–H and O–H groups in total. The first kappa shape index (κ1) is 22.1. The molecule has 2 aromatic carbocycles. The molecule has 0 bridgehead atoms. The van der Waals surface area contributed by atoms with Gasteiger partial charge in [-0.25, -0.2) is 4.79 Å². The molecule has 0 aliphatic carbocycles. The second-order valence-corrected chi connectivity index (χ2v) is 8.41. The van der Waals surface area contributed by atoms with Gasteiger partial charge in [0.05, 0.1) is 6.10 Å². The minimum Gasteiger partial charge on any atom is -0.388 e. The Labute approximate surface area is 179 Å². The van der Waals surface area contributed by atoms with Crippen molar-refractivity contribution in [3.05, 3.63) is 59.7 Å². The summed E-state index contributed by atoms with van der Waals surface area (Å²) in [7, 11) is 3.94. The Morgan fingerprint density at radius 2 is 1.83 bits per heavy atom. The topological polar surface area (TPSA) is 67.8 Å². The quantitative estimate of drug-likeness (QED) is 0.622. The first-order chi connectivity index (χ1) is 14.4. The molecular formula is C24H34N4O2. The van der Waals surface area contributed by atoms with E-state index in [1.54, 1.807) is 0 Å². The Bertz CT molecular complexity index is 819. The van der Waals surface area contributed by atoms with Crippen molar-refractivity contribution in [3.63, 3.8) is 0 Å². The van der Waals surface area contributed by atoms with Crippen LogP contribution in [-0.4, -0.2) is 56.3 Å². The van der Waals surface area contributed by atoms with Crippen LogP contribution in [0.25, 0.3) is 0 Å². The van der Waals surface area contributed by atoms with Crippen molar-refractivity contribution in [1.82, 2.24) is 10.2 Å². The van der Waals surface area contributed by atoms with Gasteiger partial charge < -0.3 is 25.5 Å². The molecule has 0 aromatic heterocycles. The maximum atomic E-state index is 12.5. The van der Waals surface area contributed by atoms with Crippen molar-refractivity contribution >= 4 is 17.4 Å². The van der Waals surface area contributed by atoms with Crippen LogP contribution in [0, 0.1) is 12.8 Å². The first-order valence-electron chi connectivity index (χ1n) is 10.7. The summed E-state index contributed by atoms with van der Waals surface area (Å²) in [5.74, 6) is -0.119. The molecule has 1 saturated heterocycles. The molecule has 6 nitrogen and oxygen atoms in total. The van der Waals surface area contributed by atoms with Crippen LogP contribution < -0.4 is 15.5 Å². The zero-order chi connectivity index (χ0) is 21.5. The molecule has 0 spiro atoms. The summed E-state index contributed by atoms with van der Waals surface area (Å²) in [5, 5.41) is 16.7. The van der Waals surface area contributed by atoms with E-state index in [4.69, 9.17) is 0 Å². The van der Waals surface area contributed by atoms with Crippen molar-refractivity contribution in [2.75, 3.05) is 50.5 Å². The number of hydrogen-bond acceptors (Lipinski definition) is 4. The summed E-state index contributed by atoms with van der Waals surface area (Å²) in [6, 6.07) is 15.5. The monoisotopic (exact) mass is 410 g/mol.